The minimum absolute atomic E-state index is 0.452. The lowest BCUT2D eigenvalue weighted by atomic mass is 9.94. The van der Waals surface area contributed by atoms with Gasteiger partial charge in [0.25, 0.3) is 0 Å². The number of fused-ring (bicyclic) bond motifs is 11. The maximum atomic E-state index is 10.3. The average Bonchev–Trinajstić information content (AvgIpc) is 3.82. The first-order chi connectivity index (χ1) is 24.2. The number of hydrogen-bond donors (Lipinski definition) is 0. The molecule has 0 aliphatic heterocycles. The van der Waals surface area contributed by atoms with E-state index >= 15 is 0 Å². The van der Waals surface area contributed by atoms with Crippen molar-refractivity contribution in [3.8, 4) is 34.6 Å². The highest BCUT2D eigenvalue weighted by Gasteiger charge is 2.23. The van der Waals surface area contributed by atoms with E-state index in [1.165, 1.54) is 0 Å². The molecule has 0 aliphatic rings. The normalized spacial score (nSPS) is 11.6. The van der Waals surface area contributed by atoms with Gasteiger partial charge in [0.1, 0.15) is 11.2 Å². The number of nitrogens with zero attached hydrogens (tertiary/aromatic N) is 4. The van der Waals surface area contributed by atoms with Crippen molar-refractivity contribution in [2.45, 2.75) is 0 Å². The third kappa shape index (κ3) is 3.73. The van der Waals surface area contributed by atoms with Gasteiger partial charge in [-0.3, -0.25) is 0 Å². The van der Waals surface area contributed by atoms with Crippen LogP contribution in [0.2, 0.25) is 0 Å². The van der Waals surface area contributed by atoms with Crippen LogP contribution in [-0.4, -0.2) is 9.13 Å². The zero-order chi connectivity index (χ0) is 32.6. The van der Waals surface area contributed by atoms with Crippen LogP contribution in [0, 0.1) is 22.7 Å². The zero-order valence-electron chi connectivity index (χ0n) is 26.1. The Morgan fingerprint density at radius 3 is 1.43 bits per heavy atom. The number of aromatic nitrogens is 2. The van der Waals surface area contributed by atoms with Gasteiger partial charge in [0.2, 0.25) is 0 Å². The summed E-state index contributed by atoms with van der Waals surface area (Å²) in [4.78, 5) is 0. The van der Waals surface area contributed by atoms with E-state index in [1.54, 1.807) is 0 Å². The van der Waals surface area contributed by atoms with Crippen LogP contribution in [0.1, 0.15) is 11.1 Å². The molecule has 0 saturated heterocycles. The third-order valence-corrected chi connectivity index (χ3v) is 9.78. The maximum Gasteiger partial charge on any atom is 0.145 e. The van der Waals surface area contributed by atoms with Crippen LogP contribution in [0.3, 0.4) is 0 Å². The molecule has 3 aromatic heterocycles. The van der Waals surface area contributed by atoms with Gasteiger partial charge in [0.05, 0.1) is 56.1 Å². The van der Waals surface area contributed by atoms with E-state index in [0.717, 1.165) is 82.5 Å². The van der Waals surface area contributed by atoms with Gasteiger partial charge in [0, 0.05) is 38.5 Å². The quantitative estimate of drug-likeness (QED) is 0.196. The summed E-state index contributed by atoms with van der Waals surface area (Å²) in [6.45, 7) is 0. The number of para-hydroxylation sites is 3. The van der Waals surface area contributed by atoms with E-state index < -0.39 is 0 Å². The zero-order valence-corrected chi connectivity index (χ0v) is 26.1. The SMILES string of the molecule is N#Cc1cc(-n2c3ccccc3c3c4oc5c(ccc6c5c5ccccc5n6-c5ccccc5)c4ccc32)cc(C#N)c1-c1ccccc1. The molecule has 3 heterocycles. The van der Waals surface area contributed by atoms with E-state index in [4.69, 9.17) is 4.42 Å². The van der Waals surface area contributed by atoms with Crippen LogP contribution in [0.4, 0.5) is 0 Å². The molecule has 0 saturated carbocycles. The summed E-state index contributed by atoms with van der Waals surface area (Å²) >= 11 is 0. The minimum Gasteiger partial charge on any atom is -0.455 e. The van der Waals surface area contributed by atoms with Gasteiger partial charge in [-0.15, -0.1) is 0 Å². The molecule has 0 N–H and O–H groups in total. The molecule has 10 rings (SSSR count). The van der Waals surface area contributed by atoms with Crippen molar-refractivity contribution in [2.24, 2.45) is 0 Å². The average molecular weight is 625 g/mol. The van der Waals surface area contributed by atoms with Crippen LogP contribution in [0.15, 0.2) is 150 Å². The molecule has 0 spiro atoms. The smallest absolute Gasteiger partial charge is 0.145 e. The first-order valence-electron chi connectivity index (χ1n) is 16.1. The fourth-order valence-electron chi connectivity index (χ4n) is 7.78. The van der Waals surface area contributed by atoms with E-state index in [0.29, 0.717) is 16.7 Å². The summed E-state index contributed by atoms with van der Waals surface area (Å²) in [5.41, 5.74) is 10.0. The van der Waals surface area contributed by atoms with Gasteiger partial charge >= 0.3 is 0 Å². The number of rotatable bonds is 3. The largest absolute Gasteiger partial charge is 0.455 e. The minimum atomic E-state index is 0.452. The van der Waals surface area contributed by atoms with Crippen molar-refractivity contribution in [1.82, 2.24) is 9.13 Å². The van der Waals surface area contributed by atoms with E-state index in [-0.39, 0.29) is 0 Å². The lowest BCUT2D eigenvalue weighted by Crippen LogP contribution is -1.99. The molecule has 5 heteroatoms. The molecule has 226 valence electrons. The molecule has 5 nitrogen and oxygen atoms in total. The van der Waals surface area contributed by atoms with Crippen LogP contribution < -0.4 is 0 Å². The Morgan fingerprint density at radius 2 is 0.898 bits per heavy atom. The lowest BCUT2D eigenvalue weighted by molar-refractivity contribution is 0.677. The lowest BCUT2D eigenvalue weighted by Gasteiger charge is -2.13. The summed E-state index contributed by atoms with van der Waals surface area (Å²) in [7, 11) is 0. The summed E-state index contributed by atoms with van der Waals surface area (Å²) < 4.78 is 11.5. The molecule has 0 bridgehead atoms. The van der Waals surface area contributed by atoms with E-state index in [9.17, 15) is 10.5 Å². The molecular formula is C44H24N4O. The Balaban J connectivity index is 1.30. The fraction of sp³-hybridized carbons (Fsp3) is 0. The Labute approximate surface area is 280 Å². The molecule has 0 fully saturated rings. The van der Waals surface area contributed by atoms with Crippen molar-refractivity contribution in [1.29, 1.82) is 10.5 Å². The van der Waals surface area contributed by atoms with E-state index in [1.807, 2.05) is 60.7 Å². The molecule has 0 atom stereocenters. The highest BCUT2D eigenvalue weighted by Crippen LogP contribution is 2.45. The Hall–Kier alpha value is -7.08. The Bertz CT molecular complexity index is 3020. The maximum absolute atomic E-state index is 10.3. The summed E-state index contributed by atoms with van der Waals surface area (Å²) in [5, 5.41) is 27.0. The summed E-state index contributed by atoms with van der Waals surface area (Å²) in [5.74, 6) is 0. The van der Waals surface area contributed by atoms with Crippen molar-refractivity contribution in [3.05, 3.63) is 157 Å². The first kappa shape index (κ1) is 27.1. The van der Waals surface area contributed by atoms with Crippen LogP contribution in [0.25, 0.3) is 88.1 Å². The molecule has 10 aromatic rings. The predicted octanol–water partition coefficient (Wildman–Crippen LogP) is 11.2. The monoisotopic (exact) mass is 624 g/mol. The van der Waals surface area contributed by atoms with Crippen LogP contribution in [0.5, 0.6) is 0 Å². The molecule has 0 aliphatic carbocycles. The van der Waals surface area contributed by atoms with Gasteiger partial charge in [-0.05, 0) is 66.2 Å². The summed E-state index contributed by atoms with van der Waals surface area (Å²) in [6.07, 6.45) is 0. The van der Waals surface area contributed by atoms with Gasteiger partial charge in [-0.1, -0.05) is 84.9 Å². The second-order valence-electron chi connectivity index (χ2n) is 12.3. The second kappa shape index (κ2) is 10.2. The topological polar surface area (TPSA) is 70.6 Å². The fourth-order valence-corrected chi connectivity index (χ4v) is 7.78. The van der Waals surface area contributed by atoms with Gasteiger partial charge in [0.15, 0.2) is 0 Å². The molecular weight excluding hydrogens is 601 g/mol. The molecule has 0 radical (unpaired) electrons. The number of hydrogen-bond acceptors (Lipinski definition) is 3. The predicted molar refractivity (Wildman–Crippen MR) is 197 cm³/mol. The third-order valence-electron chi connectivity index (χ3n) is 9.78. The summed E-state index contributed by atoms with van der Waals surface area (Å²) in [6, 6.07) is 54.0. The molecule has 0 unspecified atom stereocenters. The number of furan rings is 1. The van der Waals surface area contributed by atoms with Gasteiger partial charge in [-0.2, -0.15) is 10.5 Å². The van der Waals surface area contributed by atoms with Crippen LogP contribution in [-0.2, 0) is 0 Å². The number of benzene rings is 7. The van der Waals surface area contributed by atoms with E-state index in [2.05, 4.69) is 106 Å². The second-order valence-corrected chi connectivity index (χ2v) is 12.3. The highest BCUT2D eigenvalue weighted by atomic mass is 16.3. The van der Waals surface area contributed by atoms with Gasteiger partial charge < -0.3 is 13.6 Å². The number of nitriles is 2. The Kier molecular flexibility index (Phi) is 5.64. The first-order valence-corrected chi connectivity index (χ1v) is 16.1. The Morgan fingerprint density at radius 1 is 0.429 bits per heavy atom. The van der Waals surface area contributed by atoms with Gasteiger partial charge in [-0.25, -0.2) is 0 Å². The standard InChI is InChI=1S/C44H24N4O/c45-25-28-23-31(24-29(26-46)40(28)27-11-3-1-4-12-27)48-37-18-10-8-16-35(37)42-39(48)22-20-33-32-19-21-38-41(43(32)49-44(33)42)34-15-7-9-17-36(34)47(38)30-13-5-2-6-14-30/h1-24H. The van der Waals surface area contributed by atoms with Crippen molar-refractivity contribution >= 4 is 65.6 Å². The molecule has 49 heavy (non-hydrogen) atoms. The highest BCUT2D eigenvalue weighted by molar-refractivity contribution is 6.29. The van der Waals surface area contributed by atoms with Crippen LogP contribution >= 0.6 is 0 Å². The molecule has 0 amide bonds. The van der Waals surface area contributed by atoms with Crippen molar-refractivity contribution in [3.63, 3.8) is 0 Å². The van der Waals surface area contributed by atoms with Crippen molar-refractivity contribution < 1.29 is 4.42 Å². The molecule has 7 aromatic carbocycles. The van der Waals surface area contributed by atoms with Crippen molar-refractivity contribution in [2.75, 3.05) is 0 Å².